The van der Waals surface area contributed by atoms with E-state index in [9.17, 15) is 5.11 Å². The molecule has 116 valence electrons. The highest BCUT2D eigenvalue weighted by Crippen LogP contribution is 2.36. The Hall–Kier alpha value is -1.06. The van der Waals surface area contributed by atoms with Crippen LogP contribution in [-0.2, 0) is 0 Å². The Labute approximate surface area is 127 Å². The summed E-state index contributed by atoms with van der Waals surface area (Å²) in [5.74, 6) is 2.72. The first-order valence-corrected chi connectivity index (χ1v) is 8.20. The van der Waals surface area contributed by atoms with Crippen molar-refractivity contribution in [2.24, 2.45) is 11.8 Å². The maximum absolute atomic E-state index is 10.4. The van der Waals surface area contributed by atoms with Gasteiger partial charge in [-0.2, -0.15) is 0 Å². The number of aliphatic hydroxyl groups is 1. The highest BCUT2D eigenvalue weighted by atomic mass is 16.5. The zero-order valence-electron chi connectivity index (χ0n) is 13.3. The van der Waals surface area contributed by atoms with Crippen molar-refractivity contribution in [1.82, 2.24) is 5.32 Å². The predicted octanol–water partition coefficient (Wildman–Crippen LogP) is 2.86. The minimum atomic E-state index is -0.340. The lowest BCUT2D eigenvalue weighted by molar-refractivity contribution is -0.0234. The minimum Gasteiger partial charge on any atom is -0.487 e. The van der Waals surface area contributed by atoms with Gasteiger partial charge < -0.3 is 15.2 Å². The van der Waals surface area contributed by atoms with Crippen LogP contribution in [0.4, 0.5) is 0 Å². The van der Waals surface area contributed by atoms with Crippen LogP contribution >= 0.6 is 0 Å². The fraction of sp³-hybridized carbons (Fsp3) is 0.667. The highest BCUT2D eigenvalue weighted by molar-refractivity contribution is 5.38. The van der Waals surface area contributed by atoms with Crippen molar-refractivity contribution in [3.05, 3.63) is 29.3 Å². The van der Waals surface area contributed by atoms with Gasteiger partial charge in [-0.1, -0.05) is 26.0 Å². The van der Waals surface area contributed by atoms with Gasteiger partial charge in [0.25, 0.3) is 0 Å². The Bertz CT molecular complexity index is 500. The van der Waals surface area contributed by atoms with Gasteiger partial charge in [0.05, 0.1) is 6.10 Å². The quantitative estimate of drug-likeness (QED) is 0.899. The molecule has 0 aromatic heterocycles. The molecule has 3 nitrogen and oxygen atoms in total. The van der Waals surface area contributed by atoms with E-state index in [1.54, 1.807) is 0 Å². The van der Waals surface area contributed by atoms with Gasteiger partial charge in [-0.25, -0.2) is 0 Å². The predicted molar refractivity (Wildman–Crippen MR) is 84.8 cm³/mol. The fourth-order valence-electron chi connectivity index (χ4n) is 3.65. The van der Waals surface area contributed by atoms with Gasteiger partial charge in [0.2, 0.25) is 0 Å². The maximum Gasteiger partial charge on any atom is 0.125 e. The van der Waals surface area contributed by atoms with Crippen molar-refractivity contribution in [2.75, 3.05) is 13.1 Å². The lowest BCUT2D eigenvalue weighted by atomic mass is 9.78. The number of benzene rings is 1. The van der Waals surface area contributed by atoms with Crippen molar-refractivity contribution in [2.45, 2.75) is 51.7 Å². The molecule has 1 heterocycles. The molecule has 1 saturated carbocycles. The van der Waals surface area contributed by atoms with Gasteiger partial charge >= 0.3 is 0 Å². The molecule has 1 aromatic carbocycles. The zero-order valence-corrected chi connectivity index (χ0v) is 13.3. The molecule has 0 unspecified atom stereocenters. The summed E-state index contributed by atoms with van der Waals surface area (Å²) in [5, 5.41) is 13.8. The molecule has 1 saturated heterocycles. The maximum atomic E-state index is 10.4. The number of aryl methyl sites for hydroxylation is 1. The standard InChI is InChI=1S/C18H27NO2/c1-11(2)13-5-4-12(3)17(7-13)21-18-8-15-10-19-9-14(15)6-16(18)20/h4-5,7,11,14-16,18-20H,6,8-10H2,1-3H3/t14-,15+,16+,18+/m0/s1. The summed E-state index contributed by atoms with van der Waals surface area (Å²) < 4.78 is 6.22. The second-order valence-electron chi connectivity index (χ2n) is 7.05. The van der Waals surface area contributed by atoms with Crippen LogP contribution in [0, 0.1) is 18.8 Å². The van der Waals surface area contributed by atoms with Crippen LogP contribution in [0.2, 0.25) is 0 Å². The molecule has 2 fully saturated rings. The highest BCUT2D eigenvalue weighted by Gasteiger charge is 2.39. The van der Waals surface area contributed by atoms with E-state index in [0.717, 1.165) is 37.2 Å². The first kappa shape index (κ1) is 14.9. The van der Waals surface area contributed by atoms with Crippen LogP contribution in [0.25, 0.3) is 0 Å². The summed E-state index contributed by atoms with van der Waals surface area (Å²) in [7, 11) is 0. The fourth-order valence-corrected chi connectivity index (χ4v) is 3.65. The molecule has 3 heteroatoms. The number of aliphatic hydroxyl groups excluding tert-OH is 1. The molecule has 0 bridgehead atoms. The number of nitrogens with one attached hydrogen (secondary N) is 1. The summed E-state index contributed by atoms with van der Waals surface area (Å²) in [6.45, 7) is 8.59. The van der Waals surface area contributed by atoms with E-state index >= 15 is 0 Å². The molecule has 21 heavy (non-hydrogen) atoms. The Balaban J connectivity index is 1.75. The molecule has 1 aliphatic carbocycles. The van der Waals surface area contributed by atoms with E-state index in [1.807, 2.05) is 0 Å². The van der Waals surface area contributed by atoms with E-state index in [1.165, 1.54) is 5.56 Å². The van der Waals surface area contributed by atoms with Gasteiger partial charge in [-0.3, -0.25) is 0 Å². The normalized spacial score (nSPS) is 32.2. The third-order valence-electron chi connectivity index (χ3n) is 5.15. The molecule has 0 amide bonds. The van der Waals surface area contributed by atoms with Gasteiger partial charge in [-0.05, 0) is 67.8 Å². The van der Waals surface area contributed by atoms with Crippen LogP contribution in [0.5, 0.6) is 5.75 Å². The van der Waals surface area contributed by atoms with Crippen LogP contribution in [-0.4, -0.2) is 30.4 Å². The van der Waals surface area contributed by atoms with E-state index in [-0.39, 0.29) is 12.2 Å². The zero-order chi connectivity index (χ0) is 15.0. The molecule has 0 radical (unpaired) electrons. The average molecular weight is 289 g/mol. The molecule has 1 aliphatic heterocycles. The molecular weight excluding hydrogens is 262 g/mol. The summed E-state index contributed by atoms with van der Waals surface area (Å²) in [6.07, 6.45) is 1.43. The first-order chi connectivity index (χ1) is 10.0. The minimum absolute atomic E-state index is 0.0627. The Morgan fingerprint density at radius 2 is 1.90 bits per heavy atom. The summed E-state index contributed by atoms with van der Waals surface area (Å²) in [6, 6.07) is 6.44. The molecule has 3 rings (SSSR count). The molecule has 4 atom stereocenters. The monoisotopic (exact) mass is 289 g/mol. The van der Waals surface area contributed by atoms with Gasteiger partial charge in [0.1, 0.15) is 11.9 Å². The van der Waals surface area contributed by atoms with Gasteiger partial charge in [-0.15, -0.1) is 0 Å². The van der Waals surface area contributed by atoms with E-state index in [4.69, 9.17) is 4.74 Å². The topological polar surface area (TPSA) is 41.5 Å². The van der Waals surface area contributed by atoms with Crippen LogP contribution in [0.3, 0.4) is 0 Å². The lowest BCUT2D eigenvalue weighted by Gasteiger charge is -2.35. The molecule has 2 aliphatic rings. The second kappa shape index (κ2) is 5.98. The van der Waals surface area contributed by atoms with E-state index < -0.39 is 0 Å². The molecular formula is C18H27NO2. The summed E-state index contributed by atoms with van der Waals surface area (Å²) in [4.78, 5) is 0. The van der Waals surface area contributed by atoms with Crippen molar-refractivity contribution < 1.29 is 9.84 Å². The smallest absolute Gasteiger partial charge is 0.125 e. The van der Waals surface area contributed by atoms with Crippen molar-refractivity contribution in [3.8, 4) is 5.75 Å². The number of hydrogen-bond donors (Lipinski definition) is 2. The number of ether oxygens (including phenoxy) is 1. The van der Waals surface area contributed by atoms with Gasteiger partial charge in [0, 0.05) is 0 Å². The number of rotatable bonds is 3. The molecule has 0 spiro atoms. The molecule has 2 N–H and O–H groups in total. The van der Waals surface area contributed by atoms with Crippen LogP contribution in [0.1, 0.15) is 43.7 Å². The Kier molecular flexibility index (Phi) is 4.23. The lowest BCUT2D eigenvalue weighted by Crippen LogP contribution is -2.42. The van der Waals surface area contributed by atoms with Crippen molar-refractivity contribution >= 4 is 0 Å². The Morgan fingerprint density at radius 1 is 1.19 bits per heavy atom. The second-order valence-corrected chi connectivity index (χ2v) is 7.05. The van der Waals surface area contributed by atoms with Crippen molar-refractivity contribution in [3.63, 3.8) is 0 Å². The summed E-state index contributed by atoms with van der Waals surface area (Å²) >= 11 is 0. The SMILES string of the molecule is Cc1ccc(C(C)C)cc1O[C@@H]1C[C@@H]2CNC[C@@H]2C[C@H]1O. The van der Waals surface area contributed by atoms with E-state index in [0.29, 0.717) is 17.8 Å². The third-order valence-corrected chi connectivity index (χ3v) is 5.15. The summed E-state index contributed by atoms with van der Waals surface area (Å²) in [5.41, 5.74) is 2.44. The Morgan fingerprint density at radius 3 is 2.62 bits per heavy atom. The largest absolute Gasteiger partial charge is 0.487 e. The molecule has 1 aromatic rings. The van der Waals surface area contributed by atoms with Crippen LogP contribution in [0.15, 0.2) is 18.2 Å². The van der Waals surface area contributed by atoms with E-state index in [2.05, 4.69) is 44.3 Å². The van der Waals surface area contributed by atoms with Gasteiger partial charge in [0.15, 0.2) is 0 Å². The number of hydrogen-bond acceptors (Lipinski definition) is 3. The van der Waals surface area contributed by atoms with Crippen molar-refractivity contribution in [1.29, 1.82) is 0 Å². The first-order valence-electron chi connectivity index (χ1n) is 8.20. The number of fused-ring (bicyclic) bond motifs is 1. The average Bonchev–Trinajstić information content (AvgIpc) is 2.88. The van der Waals surface area contributed by atoms with Crippen LogP contribution < -0.4 is 10.1 Å². The third kappa shape index (κ3) is 3.09.